The van der Waals surface area contributed by atoms with Crippen molar-refractivity contribution < 1.29 is 17.7 Å². The number of hydrogen-bond acceptors (Lipinski definition) is 7. The molecule has 0 atom stereocenters. The molecule has 0 spiro atoms. The van der Waals surface area contributed by atoms with Gasteiger partial charge in [-0.15, -0.1) is 0 Å². The molecule has 0 unspecified atom stereocenters. The third kappa shape index (κ3) is 3.86. The standard InChI is InChI=1S/C16H21N5O4S/c1-12-16(13(2)25-19-12)26(23,24)18-11-15(22)21-9-7-20(8-10-21)14-5-3-4-6-17-14/h3-6,18H,7-11H2,1-2H3. The van der Waals surface area contributed by atoms with Gasteiger partial charge in [0, 0.05) is 32.4 Å². The van der Waals surface area contributed by atoms with Crippen molar-refractivity contribution in [2.75, 3.05) is 37.6 Å². The van der Waals surface area contributed by atoms with Gasteiger partial charge in [0.15, 0.2) is 5.76 Å². The first-order valence-corrected chi connectivity index (χ1v) is 9.73. The average molecular weight is 379 g/mol. The van der Waals surface area contributed by atoms with E-state index in [0.29, 0.717) is 26.2 Å². The first-order chi connectivity index (χ1) is 12.4. The van der Waals surface area contributed by atoms with Crippen molar-refractivity contribution >= 4 is 21.7 Å². The Hall–Kier alpha value is -2.46. The van der Waals surface area contributed by atoms with Crippen molar-refractivity contribution in [1.82, 2.24) is 19.8 Å². The summed E-state index contributed by atoms with van der Waals surface area (Å²) in [6, 6.07) is 5.70. The van der Waals surface area contributed by atoms with E-state index in [1.165, 1.54) is 6.92 Å². The maximum Gasteiger partial charge on any atom is 0.246 e. The van der Waals surface area contributed by atoms with Crippen molar-refractivity contribution in [2.24, 2.45) is 0 Å². The van der Waals surface area contributed by atoms with Crippen LogP contribution in [0.3, 0.4) is 0 Å². The van der Waals surface area contributed by atoms with Crippen LogP contribution in [0.5, 0.6) is 0 Å². The number of aromatic nitrogens is 2. The van der Waals surface area contributed by atoms with Gasteiger partial charge < -0.3 is 14.3 Å². The highest BCUT2D eigenvalue weighted by molar-refractivity contribution is 7.89. The highest BCUT2D eigenvalue weighted by atomic mass is 32.2. The van der Waals surface area contributed by atoms with E-state index in [9.17, 15) is 13.2 Å². The Kier molecular flexibility index (Phi) is 5.23. The number of piperazine rings is 1. The molecule has 26 heavy (non-hydrogen) atoms. The zero-order valence-corrected chi connectivity index (χ0v) is 15.5. The number of nitrogens with one attached hydrogen (secondary N) is 1. The Balaban J connectivity index is 1.55. The van der Waals surface area contributed by atoms with Gasteiger partial charge in [-0.2, -0.15) is 0 Å². The smallest absolute Gasteiger partial charge is 0.246 e. The number of carbonyl (C=O) groups is 1. The fourth-order valence-corrected chi connectivity index (χ4v) is 4.22. The normalized spacial score (nSPS) is 15.3. The molecule has 0 radical (unpaired) electrons. The zero-order valence-electron chi connectivity index (χ0n) is 14.7. The number of anilines is 1. The van der Waals surface area contributed by atoms with E-state index in [4.69, 9.17) is 4.52 Å². The summed E-state index contributed by atoms with van der Waals surface area (Å²) < 4.78 is 31.9. The van der Waals surface area contributed by atoms with Crippen LogP contribution >= 0.6 is 0 Å². The molecular weight excluding hydrogens is 358 g/mol. The van der Waals surface area contributed by atoms with Gasteiger partial charge in [-0.05, 0) is 26.0 Å². The molecule has 0 aromatic carbocycles. The van der Waals surface area contributed by atoms with E-state index >= 15 is 0 Å². The largest absolute Gasteiger partial charge is 0.360 e. The zero-order chi connectivity index (χ0) is 18.7. The Morgan fingerprint density at radius 3 is 2.54 bits per heavy atom. The lowest BCUT2D eigenvalue weighted by Crippen LogP contribution is -2.51. The van der Waals surface area contributed by atoms with Crippen LogP contribution in [-0.2, 0) is 14.8 Å². The number of sulfonamides is 1. The minimum Gasteiger partial charge on any atom is -0.360 e. The van der Waals surface area contributed by atoms with Crippen LogP contribution in [0.1, 0.15) is 11.5 Å². The number of amides is 1. The molecular formula is C16H21N5O4S. The van der Waals surface area contributed by atoms with Crippen molar-refractivity contribution in [2.45, 2.75) is 18.7 Å². The lowest BCUT2D eigenvalue weighted by Gasteiger charge is -2.35. The van der Waals surface area contributed by atoms with Gasteiger partial charge in [-0.1, -0.05) is 11.2 Å². The van der Waals surface area contributed by atoms with E-state index in [1.807, 2.05) is 18.2 Å². The molecule has 1 aliphatic rings. The van der Waals surface area contributed by atoms with Crippen molar-refractivity contribution in [1.29, 1.82) is 0 Å². The maximum atomic E-state index is 12.4. The number of carbonyl (C=O) groups excluding carboxylic acids is 1. The monoisotopic (exact) mass is 379 g/mol. The average Bonchev–Trinajstić information content (AvgIpc) is 3.00. The molecule has 140 valence electrons. The number of hydrogen-bond donors (Lipinski definition) is 1. The molecule has 1 amide bonds. The van der Waals surface area contributed by atoms with Crippen LogP contribution in [0.2, 0.25) is 0 Å². The van der Waals surface area contributed by atoms with E-state index in [1.54, 1.807) is 18.0 Å². The Morgan fingerprint density at radius 2 is 1.96 bits per heavy atom. The van der Waals surface area contributed by atoms with Crippen molar-refractivity contribution in [3.63, 3.8) is 0 Å². The maximum absolute atomic E-state index is 12.4. The summed E-state index contributed by atoms with van der Waals surface area (Å²) in [6.07, 6.45) is 1.73. The van der Waals surface area contributed by atoms with Gasteiger partial charge in [0.1, 0.15) is 16.4 Å². The molecule has 10 heteroatoms. The minimum atomic E-state index is -3.84. The molecule has 0 saturated carbocycles. The van der Waals surface area contributed by atoms with Crippen LogP contribution in [-0.4, -0.2) is 62.1 Å². The van der Waals surface area contributed by atoms with E-state index < -0.39 is 10.0 Å². The van der Waals surface area contributed by atoms with Crippen molar-refractivity contribution in [3.05, 3.63) is 35.9 Å². The summed E-state index contributed by atoms with van der Waals surface area (Å²) in [5.74, 6) is 0.811. The van der Waals surface area contributed by atoms with E-state index in [2.05, 4.69) is 19.8 Å². The SMILES string of the molecule is Cc1noc(C)c1S(=O)(=O)NCC(=O)N1CCN(c2ccccn2)CC1. The van der Waals surface area contributed by atoms with Gasteiger partial charge in [0.25, 0.3) is 0 Å². The van der Waals surface area contributed by atoms with Crippen LogP contribution in [0.4, 0.5) is 5.82 Å². The quantitative estimate of drug-likeness (QED) is 0.796. The summed E-state index contributed by atoms with van der Waals surface area (Å²) >= 11 is 0. The summed E-state index contributed by atoms with van der Waals surface area (Å²) in [5, 5.41) is 3.64. The van der Waals surface area contributed by atoms with E-state index in [-0.39, 0.29) is 28.8 Å². The minimum absolute atomic E-state index is 0.00901. The first kappa shape index (κ1) is 18.3. The lowest BCUT2D eigenvalue weighted by molar-refractivity contribution is -0.130. The molecule has 0 bridgehead atoms. The molecule has 1 N–H and O–H groups in total. The Bertz CT molecular complexity index is 854. The second kappa shape index (κ2) is 7.42. The molecule has 1 aliphatic heterocycles. The fourth-order valence-electron chi connectivity index (χ4n) is 2.92. The molecule has 3 heterocycles. The molecule has 3 rings (SSSR count). The summed E-state index contributed by atoms with van der Waals surface area (Å²) in [4.78, 5) is 20.4. The molecule has 2 aromatic rings. The Morgan fingerprint density at radius 1 is 1.23 bits per heavy atom. The third-order valence-electron chi connectivity index (χ3n) is 4.26. The predicted octanol–water partition coefficient (Wildman–Crippen LogP) is 0.314. The highest BCUT2D eigenvalue weighted by Crippen LogP contribution is 2.18. The summed E-state index contributed by atoms with van der Waals surface area (Å²) in [6.45, 7) is 5.11. The van der Waals surface area contributed by atoms with Crippen molar-refractivity contribution in [3.8, 4) is 0 Å². The topological polar surface area (TPSA) is 109 Å². The van der Waals surface area contributed by atoms with Gasteiger partial charge in [-0.3, -0.25) is 4.79 Å². The molecule has 1 fully saturated rings. The number of pyridine rings is 1. The Labute approximate surface area is 152 Å². The first-order valence-electron chi connectivity index (χ1n) is 8.25. The molecule has 0 aliphatic carbocycles. The van der Waals surface area contributed by atoms with E-state index in [0.717, 1.165) is 5.82 Å². The van der Waals surface area contributed by atoms with Crippen LogP contribution < -0.4 is 9.62 Å². The molecule has 1 saturated heterocycles. The fraction of sp³-hybridized carbons (Fsp3) is 0.438. The summed E-state index contributed by atoms with van der Waals surface area (Å²) in [5.41, 5.74) is 0.270. The predicted molar refractivity (Wildman–Crippen MR) is 94.2 cm³/mol. The van der Waals surface area contributed by atoms with Crippen LogP contribution in [0.25, 0.3) is 0 Å². The number of rotatable bonds is 5. The summed E-state index contributed by atoms with van der Waals surface area (Å²) in [7, 11) is -3.84. The second-order valence-corrected chi connectivity index (χ2v) is 7.74. The van der Waals surface area contributed by atoms with Gasteiger partial charge in [0.05, 0.1) is 6.54 Å². The third-order valence-corrected chi connectivity index (χ3v) is 5.90. The molecule has 2 aromatic heterocycles. The van der Waals surface area contributed by atoms with Crippen LogP contribution in [0, 0.1) is 13.8 Å². The second-order valence-electron chi connectivity index (χ2n) is 6.03. The van der Waals surface area contributed by atoms with Gasteiger partial charge >= 0.3 is 0 Å². The van der Waals surface area contributed by atoms with Gasteiger partial charge in [-0.25, -0.2) is 18.1 Å². The van der Waals surface area contributed by atoms with Crippen LogP contribution in [0.15, 0.2) is 33.8 Å². The molecule has 9 nitrogen and oxygen atoms in total. The lowest BCUT2D eigenvalue weighted by atomic mass is 10.3. The highest BCUT2D eigenvalue weighted by Gasteiger charge is 2.27. The van der Waals surface area contributed by atoms with Gasteiger partial charge in [0.2, 0.25) is 15.9 Å². The number of nitrogens with zero attached hydrogens (tertiary/aromatic N) is 4. The number of aryl methyl sites for hydroxylation is 2.